The van der Waals surface area contributed by atoms with Gasteiger partial charge in [0.2, 0.25) is 0 Å². The molecule has 3 heterocycles. The number of anilines is 1. The number of piperidine rings is 1. The van der Waals surface area contributed by atoms with Gasteiger partial charge in [-0.25, -0.2) is 4.39 Å². The highest BCUT2D eigenvalue weighted by molar-refractivity contribution is 5.48. The van der Waals surface area contributed by atoms with Crippen LogP contribution in [0.5, 0.6) is 0 Å². The zero-order chi connectivity index (χ0) is 9.54. The molecule has 0 saturated carbocycles. The van der Waals surface area contributed by atoms with Crippen LogP contribution in [-0.2, 0) is 0 Å². The Morgan fingerprint density at radius 1 is 1.29 bits per heavy atom. The summed E-state index contributed by atoms with van der Waals surface area (Å²) < 4.78 is 13.0. The predicted octanol–water partition coefficient (Wildman–Crippen LogP) is 1.38. The second-order valence-corrected chi connectivity index (χ2v) is 4.18. The normalized spacial score (nSPS) is 29.9. The largest absolute Gasteiger partial charge is 0.368 e. The second kappa shape index (κ2) is 2.95. The van der Waals surface area contributed by atoms with E-state index in [1.165, 1.54) is 12.5 Å². The molecule has 14 heavy (non-hydrogen) atoms. The van der Waals surface area contributed by atoms with Gasteiger partial charge in [-0.15, -0.1) is 0 Å². The minimum atomic E-state index is -0.144. The smallest absolute Gasteiger partial charge is 0.125 e. The molecule has 1 aromatic rings. The van der Waals surface area contributed by atoms with E-state index in [0.717, 1.165) is 18.8 Å². The van der Waals surface area contributed by atoms with Gasteiger partial charge >= 0.3 is 0 Å². The average molecular weight is 192 g/mol. The van der Waals surface area contributed by atoms with Crippen molar-refractivity contribution >= 4 is 5.69 Å². The number of fused-ring (bicyclic) bond motifs is 2. The first-order chi connectivity index (χ1) is 6.81. The minimum absolute atomic E-state index is 0.144. The summed E-state index contributed by atoms with van der Waals surface area (Å²) in [5.41, 5.74) is 1.02. The number of hydrogen-bond donors (Lipinski definition) is 1. The van der Waals surface area contributed by atoms with Gasteiger partial charge in [0.15, 0.2) is 0 Å². The standard InChI is InChI=1S/C11H13FN2/c12-8-2-1-3-11(4-8)14-6-9-5-10(7-14)13-9/h1-4,9-10,13H,5-7H2. The number of hydrogen-bond acceptors (Lipinski definition) is 2. The van der Waals surface area contributed by atoms with Crippen molar-refractivity contribution < 1.29 is 4.39 Å². The van der Waals surface area contributed by atoms with Gasteiger partial charge in [0.05, 0.1) is 0 Å². The maximum absolute atomic E-state index is 13.0. The van der Waals surface area contributed by atoms with Crippen molar-refractivity contribution in [2.24, 2.45) is 0 Å². The van der Waals surface area contributed by atoms with Crippen LogP contribution in [0.2, 0.25) is 0 Å². The number of benzene rings is 1. The maximum Gasteiger partial charge on any atom is 0.125 e. The van der Waals surface area contributed by atoms with Crippen molar-refractivity contribution in [2.75, 3.05) is 18.0 Å². The van der Waals surface area contributed by atoms with Crippen molar-refractivity contribution in [1.82, 2.24) is 5.32 Å². The molecule has 3 heteroatoms. The van der Waals surface area contributed by atoms with Crippen LogP contribution in [0.25, 0.3) is 0 Å². The monoisotopic (exact) mass is 192 g/mol. The molecule has 3 aliphatic heterocycles. The van der Waals surface area contributed by atoms with E-state index in [4.69, 9.17) is 0 Å². The van der Waals surface area contributed by atoms with E-state index in [2.05, 4.69) is 10.2 Å². The molecular formula is C11H13FN2. The maximum atomic E-state index is 13.0. The molecule has 3 fully saturated rings. The van der Waals surface area contributed by atoms with Crippen molar-refractivity contribution in [3.05, 3.63) is 30.1 Å². The first-order valence-corrected chi connectivity index (χ1v) is 5.08. The fourth-order valence-electron chi connectivity index (χ4n) is 2.40. The van der Waals surface area contributed by atoms with E-state index in [1.807, 2.05) is 6.07 Å². The summed E-state index contributed by atoms with van der Waals surface area (Å²) in [4.78, 5) is 2.26. The molecule has 2 unspecified atom stereocenters. The van der Waals surface area contributed by atoms with Crippen molar-refractivity contribution in [1.29, 1.82) is 0 Å². The fourth-order valence-corrected chi connectivity index (χ4v) is 2.40. The zero-order valence-corrected chi connectivity index (χ0v) is 7.91. The van der Waals surface area contributed by atoms with E-state index in [1.54, 1.807) is 12.1 Å². The minimum Gasteiger partial charge on any atom is -0.368 e. The third-order valence-corrected chi connectivity index (χ3v) is 3.10. The van der Waals surface area contributed by atoms with Gasteiger partial charge in [-0.2, -0.15) is 0 Å². The molecule has 1 aromatic carbocycles. The molecule has 3 saturated heterocycles. The first kappa shape index (κ1) is 8.24. The van der Waals surface area contributed by atoms with Gasteiger partial charge in [-0.05, 0) is 24.6 Å². The Labute approximate surface area is 82.7 Å². The van der Waals surface area contributed by atoms with E-state index >= 15 is 0 Å². The van der Waals surface area contributed by atoms with Crippen LogP contribution in [0.4, 0.5) is 10.1 Å². The Morgan fingerprint density at radius 2 is 2.00 bits per heavy atom. The van der Waals surface area contributed by atoms with E-state index in [-0.39, 0.29) is 5.82 Å². The summed E-state index contributed by atoms with van der Waals surface area (Å²) in [7, 11) is 0. The molecule has 3 aliphatic rings. The van der Waals surface area contributed by atoms with Gasteiger partial charge in [0, 0.05) is 30.9 Å². The molecule has 74 valence electrons. The van der Waals surface area contributed by atoms with Crippen LogP contribution in [0.1, 0.15) is 6.42 Å². The van der Waals surface area contributed by atoms with Crippen molar-refractivity contribution in [2.45, 2.75) is 18.5 Å². The average Bonchev–Trinajstić information content (AvgIpc) is 2.17. The Balaban J connectivity index is 1.82. The lowest BCUT2D eigenvalue weighted by molar-refractivity contribution is 0.226. The highest BCUT2D eigenvalue weighted by Crippen LogP contribution is 2.26. The summed E-state index contributed by atoms with van der Waals surface area (Å²) in [6.45, 7) is 2.03. The molecule has 0 spiro atoms. The quantitative estimate of drug-likeness (QED) is 0.723. The Bertz CT molecular complexity index is 337. The molecule has 2 nitrogen and oxygen atoms in total. The molecule has 0 aromatic heterocycles. The summed E-state index contributed by atoms with van der Waals surface area (Å²) in [6.07, 6.45) is 1.28. The number of halogens is 1. The summed E-state index contributed by atoms with van der Waals surface area (Å²) in [6, 6.07) is 8.11. The summed E-state index contributed by atoms with van der Waals surface area (Å²) in [5, 5.41) is 3.46. The summed E-state index contributed by atoms with van der Waals surface area (Å²) in [5.74, 6) is -0.144. The lowest BCUT2D eigenvalue weighted by atomic mass is 9.91. The van der Waals surface area contributed by atoms with Gasteiger partial charge in [-0.1, -0.05) is 6.07 Å². The number of piperazine rings is 1. The number of nitrogens with one attached hydrogen (secondary N) is 1. The fraction of sp³-hybridized carbons (Fsp3) is 0.455. The first-order valence-electron chi connectivity index (χ1n) is 5.08. The van der Waals surface area contributed by atoms with Crippen molar-refractivity contribution in [3.8, 4) is 0 Å². The highest BCUT2D eigenvalue weighted by atomic mass is 19.1. The summed E-state index contributed by atoms with van der Waals surface area (Å²) >= 11 is 0. The van der Waals surface area contributed by atoms with E-state index in [0.29, 0.717) is 12.1 Å². The van der Waals surface area contributed by atoms with E-state index < -0.39 is 0 Å². The highest BCUT2D eigenvalue weighted by Gasteiger charge is 2.36. The van der Waals surface area contributed by atoms with Crippen molar-refractivity contribution in [3.63, 3.8) is 0 Å². The molecule has 2 bridgehead atoms. The predicted molar refractivity (Wildman–Crippen MR) is 53.9 cm³/mol. The zero-order valence-electron chi connectivity index (χ0n) is 7.91. The molecule has 2 atom stereocenters. The second-order valence-electron chi connectivity index (χ2n) is 4.18. The lowest BCUT2D eigenvalue weighted by Gasteiger charge is -2.49. The SMILES string of the molecule is Fc1cccc(N2CC3CC(C2)N3)c1. The van der Waals surface area contributed by atoms with Crippen LogP contribution in [-0.4, -0.2) is 25.2 Å². The third kappa shape index (κ3) is 1.28. The molecule has 1 N–H and O–H groups in total. The lowest BCUT2D eigenvalue weighted by Crippen LogP contribution is -2.67. The molecule has 0 aliphatic carbocycles. The number of nitrogens with zero attached hydrogens (tertiary/aromatic N) is 1. The van der Waals surface area contributed by atoms with Crippen LogP contribution < -0.4 is 10.2 Å². The van der Waals surface area contributed by atoms with Crippen LogP contribution in [0.3, 0.4) is 0 Å². The molecule has 0 radical (unpaired) electrons. The van der Waals surface area contributed by atoms with Crippen LogP contribution in [0.15, 0.2) is 24.3 Å². The van der Waals surface area contributed by atoms with Gasteiger partial charge in [0.25, 0.3) is 0 Å². The van der Waals surface area contributed by atoms with Gasteiger partial charge in [-0.3, -0.25) is 0 Å². The Kier molecular flexibility index (Phi) is 1.74. The molecular weight excluding hydrogens is 179 g/mol. The number of rotatable bonds is 1. The Hall–Kier alpha value is -1.09. The molecule has 0 amide bonds. The van der Waals surface area contributed by atoms with Crippen LogP contribution in [0, 0.1) is 5.82 Å². The third-order valence-electron chi connectivity index (χ3n) is 3.10. The van der Waals surface area contributed by atoms with Gasteiger partial charge < -0.3 is 10.2 Å². The van der Waals surface area contributed by atoms with E-state index in [9.17, 15) is 4.39 Å². The molecule has 4 rings (SSSR count). The van der Waals surface area contributed by atoms with Gasteiger partial charge in [0.1, 0.15) is 5.82 Å². The Morgan fingerprint density at radius 3 is 2.64 bits per heavy atom. The topological polar surface area (TPSA) is 15.3 Å². The van der Waals surface area contributed by atoms with Crippen LogP contribution >= 0.6 is 0 Å².